The van der Waals surface area contributed by atoms with E-state index in [-0.39, 0.29) is 5.91 Å². The van der Waals surface area contributed by atoms with Crippen molar-refractivity contribution >= 4 is 17.5 Å². The molecule has 0 bridgehead atoms. The number of amides is 2. The summed E-state index contributed by atoms with van der Waals surface area (Å²) in [6.45, 7) is -1.29. The van der Waals surface area contributed by atoms with Gasteiger partial charge in [-0.25, -0.2) is 0 Å². The SMILES string of the molecule is O=C(COc1cccc(N2CCCC2=O)c1)NCC(F)(F)F. The molecule has 120 valence electrons. The normalized spacial score (nSPS) is 15.0. The third-order valence-corrected chi connectivity index (χ3v) is 3.06. The Morgan fingerprint density at radius 1 is 1.36 bits per heavy atom. The van der Waals surface area contributed by atoms with Gasteiger partial charge in [-0.05, 0) is 18.6 Å². The summed E-state index contributed by atoms with van der Waals surface area (Å²) in [5.41, 5.74) is 0.649. The molecule has 0 aromatic heterocycles. The highest BCUT2D eigenvalue weighted by Gasteiger charge is 2.27. The molecule has 0 radical (unpaired) electrons. The number of alkyl halides is 3. The lowest BCUT2D eigenvalue weighted by atomic mass is 10.3. The number of benzene rings is 1. The van der Waals surface area contributed by atoms with Crippen molar-refractivity contribution in [1.82, 2.24) is 5.32 Å². The molecule has 0 spiro atoms. The molecule has 1 fully saturated rings. The second kappa shape index (κ2) is 6.67. The van der Waals surface area contributed by atoms with Crippen molar-refractivity contribution in [2.75, 3.05) is 24.6 Å². The molecule has 1 saturated heterocycles. The van der Waals surface area contributed by atoms with Gasteiger partial charge in [0.2, 0.25) is 5.91 Å². The number of nitrogens with zero attached hydrogens (tertiary/aromatic N) is 1. The van der Waals surface area contributed by atoms with Crippen molar-refractivity contribution in [3.63, 3.8) is 0 Å². The predicted octanol–water partition coefficient (Wildman–Crippen LogP) is 1.87. The number of ether oxygens (including phenoxy) is 1. The Morgan fingerprint density at radius 3 is 2.77 bits per heavy atom. The second-order valence-corrected chi connectivity index (χ2v) is 4.83. The molecule has 1 N–H and O–H groups in total. The van der Waals surface area contributed by atoms with E-state index < -0.39 is 25.2 Å². The summed E-state index contributed by atoms with van der Waals surface area (Å²) in [7, 11) is 0. The number of rotatable bonds is 5. The number of hydrogen-bond acceptors (Lipinski definition) is 3. The maximum absolute atomic E-state index is 11.9. The summed E-state index contributed by atoms with van der Waals surface area (Å²) >= 11 is 0. The third kappa shape index (κ3) is 4.64. The fourth-order valence-electron chi connectivity index (χ4n) is 2.06. The van der Waals surface area contributed by atoms with Crippen LogP contribution in [0.25, 0.3) is 0 Å². The van der Waals surface area contributed by atoms with Crippen LogP contribution in [0.3, 0.4) is 0 Å². The van der Waals surface area contributed by atoms with Crippen molar-refractivity contribution < 1.29 is 27.5 Å². The van der Waals surface area contributed by atoms with Crippen LogP contribution in [-0.2, 0) is 9.59 Å². The number of hydrogen-bond donors (Lipinski definition) is 1. The number of carbonyl (C=O) groups excluding carboxylic acids is 2. The molecule has 1 aliphatic rings. The van der Waals surface area contributed by atoms with Crippen LogP contribution in [0.2, 0.25) is 0 Å². The lowest BCUT2D eigenvalue weighted by Gasteiger charge is -2.16. The van der Waals surface area contributed by atoms with Crippen LogP contribution in [0.1, 0.15) is 12.8 Å². The van der Waals surface area contributed by atoms with Crippen LogP contribution >= 0.6 is 0 Å². The zero-order chi connectivity index (χ0) is 16.2. The molecular formula is C14H15F3N2O3. The first kappa shape index (κ1) is 16.1. The number of carbonyl (C=O) groups is 2. The van der Waals surface area contributed by atoms with Gasteiger partial charge in [0, 0.05) is 24.7 Å². The summed E-state index contributed by atoms with van der Waals surface area (Å²) in [5.74, 6) is -0.528. The van der Waals surface area contributed by atoms with Gasteiger partial charge in [-0.15, -0.1) is 0 Å². The highest BCUT2D eigenvalue weighted by Crippen LogP contribution is 2.25. The Morgan fingerprint density at radius 2 is 2.14 bits per heavy atom. The molecule has 5 nitrogen and oxygen atoms in total. The van der Waals surface area contributed by atoms with Gasteiger partial charge in [0.15, 0.2) is 6.61 Å². The summed E-state index contributed by atoms with van der Waals surface area (Å²) in [6.07, 6.45) is -3.18. The van der Waals surface area contributed by atoms with Gasteiger partial charge in [0.05, 0.1) is 0 Å². The fraction of sp³-hybridized carbons (Fsp3) is 0.429. The van der Waals surface area contributed by atoms with Crippen LogP contribution in [0.15, 0.2) is 24.3 Å². The molecule has 22 heavy (non-hydrogen) atoms. The van der Waals surface area contributed by atoms with E-state index in [0.29, 0.717) is 24.4 Å². The second-order valence-electron chi connectivity index (χ2n) is 4.83. The van der Waals surface area contributed by atoms with E-state index in [1.54, 1.807) is 34.5 Å². The molecule has 0 atom stereocenters. The van der Waals surface area contributed by atoms with Gasteiger partial charge in [0.25, 0.3) is 5.91 Å². The van der Waals surface area contributed by atoms with Crippen molar-refractivity contribution in [2.24, 2.45) is 0 Å². The first-order valence-corrected chi connectivity index (χ1v) is 6.72. The number of halogens is 3. The van der Waals surface area contributed by atoms with Crippen LogP contribution in [0.5, 0.6) is 5.75 Å². The quantitative estimate of drug-likeness (QED) is 0.902. The minimum atomic E-state index is -4.45. The minimum Gasteiger partial charge on any atom is -0.484 e. The molecule has 0 saturated carbocycles. The minimum absolute atomic E-state index is 0.0140. The first-order chi connectivity index (χ1) is 10.3. The smallest absolute Gasteiger partial charge is 0.405 e. The van der Waals surface area contributed by atoms with Crippen molar-refractivity contribution in [2.45, 2.75) is 19.0 Å². The summed E-state index contributed by atoms with van der Waals surface area (Å²) < 4.78 is 41.0. The molecule has 0 unspecified atom stereocenters. The average Bonchev–Trinajstić information content (AvgIpc) is 2.89. The van der Waals surface area contributed by atoms with E-state index in [4.69, 9.17) is 4.74 Å². The molecule has 2 rings (SSSR count). The average molecular weight is 316 g/mol. The monoisotopic (exact) mass is 316 g/mol. The number of nitrogens with one attached hydrogen (secondary N) is 1. The van der Waals surface area contributed by atoms with Crippen LogP contribution in [0.4, 0.5) is 18.9 Å². The van der Waals surface area contributed by atoms with E-state index in [0.717, 1.165) is 6.42 Å². The summed E-state index contributed by atoms with van der Waals surface area (Å²) in [4.78, 5) is 24.5. The molecule has 2 amide bonds. The molecule has 1 aromatic rings. The fourth-order valence-corrected chi connectivity index (χ4v) is 2.06. The highest BCUT2D eigenvalue weighted by molar-refractivity contribution is 5.95. The van der Waals surface area contributed by atoms with E-state index >= 15 is 0 Å². The zero-order valence-corrected chi connectivity index (χ0v) is 11.7. The van der Waals surface area contributed by atoms with Crippen LogP contribution < -0.4 is 15.0 Å². The zero-order valence-electron chi connectivity index (χ0n) is 11.7. The summed E-state index contributed by atoms with van der Waals surface area (Å²) in [6, 6.07) is 6.55. The molecule has 8 heteroatoms. The van der Waals surface area contributed by atoms with E-state index in [1.807, 2.05) is 0 Å². The van der Waals surface area contributed by atoms with Gasteiger partial charge >= 0.3 is 6.18 Å². The van der Waals surface area contributed by atoms with Crippen LogP contribution in [0, 0.1) is 0 Å². The Bertz CT molecular complexity index is 561. The van der Waals surface area contributed by atoms with E-state index in [1.165, 1.54) is 0 Å². The standard InChI is InChI=1S/C14H15F3N2O3/c15-14(16,17)9-18-12(20)8-22-11-4-1-3-10(7-11)19-6-2-5-13(19)21/h1,3-4,7H,2,5-6,8-9H2,(H,18,20). The Hall–Kier alpha value is -2.25. The number of anilines is 1. The van der Waals surface area contributed by atoms with E-state index in [9.17, 15) is 22.8 Å². The van der Waals surface area contributed by atoms with Gasteiger partial charge < -0.3 is 15.0 Å². The Kier molecular flexibility index (Phi) is 4.89. The Balaban J connectivity index is 1.88. The predicted molar refractivity (Wildman–Crippen MR) is 72.6 cm³/mol. The molecular weight excluding hydrogens is 301 g/mol. The van der Waals surface area contributed by atoms with Crippen LogP contribution in [-0.4, -0.2) is 37.7 Å². The lowest BCUT2D eigenvalue weighted by molar-refractivity contribution is -0.139. The van der Waals surface area contributed by atoms with Crippen molar-refractivity contribution in [1.29, 1.82) is 0 Å². The first-order valence-electron chi connectivity index (χ1n) is 6.72. The summed E-state index contributed by atoms with van der Waals surface area (Å²) in [5, 5.41) is 1.72. The Labute approximate surface area is 125 Å². The maximum atomic E-state index is 11.9. The highest BCUT2D eigenvalue weighted by atomic mass is 19.4. The molecule has 1 aliphatic heterocycles. The molecule has 1 heterocycles. The largest absolute Gasteiger partial charge is 0.484 e. The van der Waals surface area contributed by atoms with Gasteiger partial charge in [-0.3, -0.25) is 9.59 Å². The maximum Gasteiger partial charge on any atom is 0.405 e. The lowest BCUT2D eigenvalue weighted by Crippen LogP contribution is -2.36. The van der Waals surface area contributed by atoms with Gasteiger partial charge in [-0.2, -0.15) is 13.2 Å². The van der Waals surface area contributed by atoms with E-state index in [2.05, 4.69) is 0 Å². The topological polar surface area (TPSA) is 58.6 Å². The molecule has 0 aliphatic carbocycles. The van der Waals surface area contributed by atoms with Gasteiger partial charge in [-0.1, -0.05) is 6.07 Å². The van der Waals surface area contributed by atoms with Crippen molar-refractivity contribution in [3.05, 3.63) is 24.3 Å². The van der Waals surface area contributed by atoms with Gasteiger partial charge in [0.1, 0.15) is 12.3 Å². The van der Waals surface area contributed by atoms with Crippen molar-refractivity contribution in [3.8, 4) is 5.75 Å². The third-order valence-electron chi connectivity index (χ3n) is 3.06. The molecule has 1 aromatic carbocycles.